The second-order valence-corrected chi connectivity index (χ2v) is 4.97. The van der Waals surface area contributed by atoms with Crippen LogP contribution in [0.2, 0.25) is 0 Å². The number of rotatable bonds is 5. The molecule has 1 aliphatic rings. The zero-order valence-electron chi connectivity index (χ0n) is 9.80. The first-order chi connectivity index (χ1) is 6.54. The van der Waals surface area contributed by atoms with E-state index >= 15 is 0 Å². The summed E-state index contributed by atoms with van der Waals surface area (Å²) in [5.74, 6) is 0. The number of nitrogens with one attached hydrogen (secondary N) is 1. The van der Waals surface area contributed by atoms with Gasteiger partial charge in [-0.05, 0) is 12.0 Å². The van der Waals surface area contributed by atoms with E-state index in [-0.39, 0.29) is 5.41 Å². The van der Waals surface area contributed by atoms with Gasteiger partial charge in [-0.3, -0.25) is 0 Å². The van der Waals surface area contributed by atoms with Crippen LogP contribution in [-0.2, 0) is 9.47 Å². The van der Waals surface area contributed by atoms with Crippen molar-refractivity contribution in [3.8, 4) is 0 Å². The van der Waals surface area contributed by atoms with Gasteiger partial charge in [0, 0.05) is 6.04 Å². The first-order valence-corrected chi connectivity index (χ1v) is 5.46. The minimum atomic E-state index is 0.251. The average Bonchev–Trinajstić information content (AvgIpc) is 1.98. The molecule has 0 aromatic carbocycles. The summed E-state index contributed by atoms with van der Waals surface area (Å²) in [6.07, 6.45) is 0.332. The van der Waals surface area contributed by atoms with Crippen LogP contribution in [0.5, 0.6) is 0 Å². The number of hydrogen-bond donors (Lipinski definition) is 1. The molecule has 1 rings (SSSR count). The Morgan fingerprint density at radius 1 is 1.43 bits per heavy atom. The van der Waals surface area contributed by atoms with E-state index < -0.39 is 0 Å². The standard InChI is InChI=1S/C11H23NO2/c1-5-12-10(11(2,3)4)8-14-9-6-13-7-9/h9-10,12H,5-8H2,1-4H3. The quantitative estimate of drug-likeness (QED) is 0.730. The van der Waals surface area contributed by atoms with Gasteiger partial charge in [-0.25, -0.2) is 0 Å². The lowest BCUT2D eigenvalue weighted by molar-refractivity contribution is -0.137. The third kappa shape index (κ3) is 3.56. The van der Waals surface area contributed by atoms with Gasteiger partial charge in [0.2, 0.25) is 0 Å². The van der Waals surface area contributed by atoms with Gasteiger partial charge in [0.25, 0.3) is 0 Å². The van der Waals surface area contributed by atoms with E-state index in [1.165, 1.54) is 0 Å². The van der Waals surface area contributed by atoms with Crippen molar-refractivity contribution in [1.29, 1.82) is 0 Å². The maximum atomic E-state index is 5.73. The second kappa shape index (κ2) is 5.10. The van der Waals surface area contributed by atoms with Crippen LogP contribution in [0, 0.1) is 5.41 Å². The molecule has 0 amide bonds. The van der Waals surface area contributed by atoms with Gasteiger partial charge in [-0.2, -0.15) is 0 Å². The van der Waals surface area contributed by atoms with Gasteiger partial charge in [0.15, 0.2) is 0 Å². The average molecular weight is 201 g/mol. The van der Waals surface area contributed by atoms with Crippen LogP contribution in [0.3, 0.4) is 0 Å². The molecule has 0 aliphatic carbocycles. The maximum Gasteiger partial charge on any atom is 0.104 e. The van der Waals surface area contributed by atoms with Gasteiger partial charge in [-0.15, -0.1) is 0 Å². The zero-order chi connectivity index (χ0) is 10.6. The summed E-state index contributed by atoms with van der Waals surface area (Å²) >= 11 is 0. The first kappa shape index (κ1) is 12.0. The van der Waals surface area contributed by atoms with Crippen LogP contribution in [-0.4, -0.2) is 38.5 Å². The van der Waals surface area contributed by atoms with Crippen molar-refractivity contribution in [1.82, 2.24) is 5.32 Å². The molecule has 3 heteroatoms. The van der Waals surface area contributed by atoms with Gasteiger partial charge in [-0.1, -0.05) is 27.7 Å². The van der Waals surface area contributed by atoms with E-state index in [0.29, 0.717) is 12.1 Å². The fourth-order valence-electron chi connectivity index (χ4n) is 1.40. The van der Waals surface area contributed by atoms with Crippen molar-refractivity contribution >= 4 is 0 Å². The van der Waals surface area contributed by atoms with Crippen molar-refractivity contribution in [3.63, 3.8) is 0 Å². The molecule has 1 heterocycles. The Morgan fingerprint density at radius 3 is 2.43 bits per heavy atom. The van der Waals surface area contributed by atoms with Crippen LogP contribution in [0.1, 0.15) is 27.7 Å². The molecule has 3 nitrogen and oxygen atoms in total. The van der Waals surface area contributed by atoms with Crippen molar-refractivity contribution < 1.29 is 9.47 Å². The van der Waals surface area contributed by atoms with Crippen LogP contribution in [0.25, 0.3) is 0 Å². The molecule has 1 unspecified atom stereocenters. The topological polar surface area (TPSA) is 30.5 Å². The van der Waals surface area contributed by atoms with Crippen LogP contribution < -0.4 is 5.32 Å². The molecule has 1 aliphatic heterocycles. The first-order valence-electron chi connectivity index (χ1n) is 5.46. The van der Waals surface area contributed by atoms with E-state index in [4.69, 9.17) is 9.47 Å². The van der Waals surface area contributed by atoms with E-state index in [2.05, 4.69) is 33.0 Å². The predicted molar refractivity (Wildman–Crippen MR) is 57.5 cm³/mol. The largest absolute Gasteiger partial charge is 0.376 e. The Labute approximate surface area is 87.2 Å². The maximum absolute atomic E-state index is 5.73. The highest BCUT2D eigenvalue weighted by Gasteiger charge is 2.26. The van der Waals surface area contributed by atoms with Crippen LogP contribution >= 0.6 is 0 Å². The number of hydrogen-bond acceptors (Lipinski definition) is 3. The van der Waals surface area contributed by atoms with Gasteiger partial charge in [0.05, 0.1) is 19.8 Å². The van der Waals surface area contributed by atoms with Gasteiger partial charge >= 0.3 is 0 Å². The van der Waals surface area contributed by atoms with Crippen molar-refractivity contribution in [2.24, 2.45) is 5.41 Å². The summed E-state index contributed by atoms with van der Waals surface area (Å²) in [7, 11) is 0. The predicted octanol–water partition coefficient (Wildman–Crippen LogP) is 1.43. The molecule has 0 saturated carbocycles. The van der Waals surface area contributed by atoms with E-state index in [1.807, 2.05) is 0 Å². The lowest BCUT2D eigenvalue weighted by atomic mass is 9.87. The second-order valence-electron chi connectivity index (χ2n) is 4.97. The van der Waals surface area contributed by atoms with Gasteiger partial charge in [0.1, 0.15) is 6.10 Å². The van der Waals surface area contributed by atoms with Crippen LogP contribution in [0.15, 0.2) is 0 Å². The summed E-state index contributed by atoms with van der Waals surface area (Å²) < 4.78 is 10.8. The number of ether oxygens (including phenoxy) is 2. The van der Waals surface area contributed by atoms with Crippen molar-refractivity contribution in [3.05, 3.63) is 0 Å². The molecule has 0 bridgehead atoms. The van der Waals surface area contributed by atoms with E-state index in [9.17, 15) is 0 Å². The molecule has 1 N–H and O–H groups in total. The van der Waals surface area contributed by atoms with Crippen molar-refractivity contribution in [2.75, 3.05) is 26.4 Å². The highest BCUT2D eigenvalue weighted by molar-refractivity contribution is 4.80. The molecule has 0 radical (unpaired) electrons. The molecule has 0 aromatic heterocycles. The Hall–Kier alpha value is -0.120. The lowest BCUT2D eigenvalue weighted by Crippen LogP contribution is -2.47. The Morgan fingerprint density at radius 2 is 2.07 bits per heavy atom. The fraction of sp³-hybridized carbons (Fsp3) is 1.00. The fourth-order valence-corrected chi connectivity index (χ4v) is 1.40. The third-order valence-electron chi connectivity index (χ3n) is 2.60. The lowest BCUT2D eigenvalue weighted by Gasteiger charge is -2.34. The molecular formula is C11H23NO2. The summed E-state index contributed by atoms with van der Waals surface area (Å²) in [5.41, 5.74) is 0.251. The summed E-state index contributed by atoms with van der Waals surface area (Å²) in [4.78, 5) is 0. The Kier molecular flexibility index (Phi) is 4.35. The SMILES string of the molecule is CCNC(COC1COC1)C(C)(C)C. The molecule has 0 aromatic rings. The molecule has 14 heavy (non-hydrogen) atoms. The Bertz CT molecular complexity index is 161. The summed E-state index contributed by atoms with van der Waals surface area (Å²) in [6.45, 7) is 12.2. The van der Waals surface area contributed by atoms with Crippen molar-refractivity contribution in [2.45, 2.75) is 39.8 Å². The molecule has 84 valence electrons. The minimum absolute atomic E-state index is 0.251. The molecule has 0 spiro atoms. The third-order valence-corrected chi connectivity index (χ3v) is 2.60. The molecule has 1 saturated heterocycles. The van der Waals surface area contributed by atoms with Gasteiger partial charge < -0.3 is 14.8 Å². The highest BCUT2D eigenvalue weighted by atomic mass is 16.6. The summed E-state index contributed by atoms with van der Waals surface area (Å²) in [5, 5.41) is 3.46. The molecular weight excluding hydrogens is 178 g/mol. The van der Waals surface area contributed by atoms with Crippen LogP contribution in [0.4, 0.5) is 0 Å². The smallest absolute Gasteiger partial charge is 0.104 e. The monoisotopic (exact) mass is 201 g/mol. The van der Waals surface area contributed by atoms with E-state index in [0.717, 1.165) is 26.4 Å². The van der Waals surface area contributed by atoms with E-state index in [1.54, 1.807) is 0 Å². The zero-order valence-corrected chi connectivity index (χ0v) is 9.80. The summed E-state index contributed by atoms with van der Waals surface area (Å²) in [6, 6.07) is 0.424. The Balaban J connectivity index is 2.26. The molecule has 1 atom stereocenters. The highest BCUT2D eigenvalue weighted by Crippen LogP contribution is 2.20. The number of likely N-dealkylation sites (N-methyl/N-ethyl adjacent to an activating group) is 1. The normalized spacial score (nSPS) is 20.6. The molecule has 1 fully saturated rings. The minimum Gasteiger partial charge on any atom is -0.376 e.